The van der Waals surface area contributed by atoms with E-state index in [0.29, 0.717) is 11.9 Å². The molecule has 0 bridgehead atoms. The molecule has 2 aromatic heterocycles. The van der Waals surface area contributed by atoms with Gasteiger partial charge in [-0.2, -0.15) is 0 Å². The second-order valence-corrected chi connectivity index (χ2v) is 5.71. The lowest BCUT2D eigenvalue weighted by Crippen LogP contribution is -2.27. The van der Waals surface area contributed by atoms with Crippen LogP contribution in [0.3, 0.4) is 0 Å². The second kappa shape index (κ2) is 5.66. The predicted octanol–water partition coefficient (Wildman–Crippen LogP) is 2.54. The minimum atomic E-state index is -0.334. The summed E-state index contributed by atoms with van der Waals surface area (Å²) in [6.07, 6.45) is 1.79. The van der Waals surface area contributed by atoms with Crippen LogP contribution in [0.15, 0.2) is 16.0 Å². The molecule has 2 aromatic rings. The summed E-state index contributed by atoms with van der Waals surface area (Å²) in [7, 11) is 0. The summed E-state index contributed by atoms with van der Waals surface area (Å²) in [6.45, 7) is 8.95. The minimum absolute atomic E-state index is 0.0519. The van der Waals surface area contributed by atoms with E-state index in [1.54, 1.807) is 17.5 Å². The summed E-state index contributed by atoms with van der Waals surface area (Å²) in [5, 5.41) is 17.4. The van der Waals surface area contributed by atoms with Crippen molar-refractivity contribution >= 4 is 17.4 Å². The minimum Gasteiger partial charge on any atom is -0.406 e. The molecule has 0 saturated carbocycles. The van der Waals surface area contributed by atoms with Gasteiger partial charge in [-0.3, -0.25) is 0 Å². The molecule has 0 saturated heterocycles. The lowest BCUT2D eigenvalue weighted by Gasteiger charge is -2.22. The van der Waals surface area contributed by atoms with Gasteiger partial charge in [0.1, 0.15) is 5.01 Å². The quantitative estimate of drug-likeness (QED) is 0.847. The molecule has 0 radical (unpaired) electrons. The van der Waals surface area contributed by atoms with Gasteiger partial charge in [-0.25, -0.2) is 4.98 Å². The zero-order chi connectivity index (χ0) is 13.9. The van der Waals surface area contributed by atoms with Gasteiger partial charge in [0.05, 0.1) is 11.6 Å². The van der Waals surface area contributed by atoms with Gasteiger partial charge in [0.25, 0.3) is 0 Å². The maximum atomic E-state index is 5.61. The first kappa shape index (κ1) is 14.0. The van der Waals surface area contributed by atoms with Crippen molar-refractivity contribution in [2.45, 2.75) is 39.3 Å². The van der Waals surface area contributed by atoms with Crippen LogP contribution in [0, 0.1) is 0 Å². The van der Waals surface area contributed by atoms with Crippen LogP contribution < -0.4 is 10.6 Å². The third-order valence-electron chi connectivity index (χ3n) is 2.71. The van der Waals surface area contributed by atoms with Gasteiger partial charge in [-0.1, -0.05) is 12.0 Å². The molecule has 6 nitrogen and oxygen atoms in total. The Hall–Kier alpha value is -1.47. The highest BCUT2D eigenvalue weighted by molar-refractivity contribution is 7.09. The van der Waals surface area contributed by atoms with Crippen LogP contribution in [-0.4, -0.2) is 21.7 Å². The molecule has 0 aliphatic rings. The van der Waals surface area contributed by atoms with E-state index in [4.69, 9.17) is 4.42 Å². The van der Waals surface area contributed by atoms with Gasteiger partial charge < -0.3 is 15.1 Å². The topological polar surface area (TPSA) is 75.9 Å². The van der Waals surface area contributed by atoms with E-state index in [9.17, 15) is 0 Å². The first-order valence-electron chi connectivity index (χ1n) is 6.28. The summed E-state index contributed by atoms with van der Waals surface area (Å²) >= 11 is 1.59. The number of thiazole rings is 1. The second-order valence-electron chi connectivity index (χ2n) is 4.81. The molecule has 0 aliphatic heterocycles. The Bertz CT molecular complexity index is 508. The van der Waals surface area contributed by atoms with Crippen LogP contribution in [0.4, 0.5) is 6.01 Å². The Balaban J connectivity index is 2.08. The van der Waals surface area contributed by atoms with Gasteiger partial charge in [0.15, 0.2) is 0 Å². The molecule has 19 heavy (non-hydrogen) atoms. The zero-order valence-corrected chi connectivity index (χ0v) is 12.4. The molecule has 7 heteroatoms. The third kappa shape index (κ3) is 3.30. The Morgan fingerprint density at radius 2 is 2.21 bits per heavy atom. The molecular weight excluding hydrogens is 262 g/mol. The van der Waals surface area contributed by atoms with Crippen LogP contribution in [-0.2, 0) is 5.54 Å². The summed E-state index contributed by atoms with van der Waals surface area (Å²) in [5.41, 5.74) is -0.334. The van der Waals surface area contributed by atoms with E-state index < -0.39 is 0 Å². The smallest absolute Gasteiger partial charge is 0.316 e. The van der Waals surface area contributed by atoms with Crippen molar-refractivity contribution < 1.29 is 4.42 Å². The first-order chi connectivity index (χ1) is 9.03. The highest BCUT2D eigenvalue weighted by Crippen LogP contribution is 2.27. The van der Waals surface area contributed by atoms with E-state index in [1.165, 1.54) is 0 Å². The van der Waals surface area contributed by atoms with Gasteiger partial charge in [0.2, 0.25) is 5.89 Å². The average Bonchev–Trinajstić information content (AvgIpc) is 2.98. The summed E-state index contributed by atoms with van der Waals surface area (Å²) in [6, 6.07) is 0.468. The van der Waals surface area contributed by atoms with Crippen molar-refractivity contribution in [3.63, 3.8) is 0 Å². The molecule has 0 aromatic carbocycles. The number of anilines is 1. The normalized spacial score (nSPS) is 13.5. The standard InChI is InChI=1S/C12H19N5OS/c1-5-13-8(2)9-16-17-11(18-9)15-12(3,4)10-14-6-7-19-10/h6-8,13H,5H2,1-4H3,(H,15,17). The van der Waals surface area contributed by atoms with Crippen LogP contribution in [0.25, 0.3) is 0 Å². The summed E-state index contributed by atoms with van der Waals surface area (Å²) in [5.74, 6) is 0.583. The van der Waals surface area contributed by atoms with Crippen LogP contribution in [0.1, 0.15) is 44.6 Å². The van der Waals surface area contributed by atoms with Crippen molar-refractivity contribution in [2.75, 3.05) is 11.9 Å². The van der Waals surface area contributed by atoms with E-state index in [0.717, 1.165) is 11.6 Å². The SMILES string of the molecule is CCNC(C)c1nnc(NC(C)(C)c2nccs2)o1. The molecule has 1 unspecified atom stereocenters. The number of hydrogen-bond acceptors (Lipinski definition) is 7. The molecule has 0 aliphatic carbocycles. The maximum Gasteiger partial charge on any atom is 0.316 e. The molecule has 1 atom stereocenters. The lowest BCUT2D eigenvalue weighted by atomic mass is 10.1. The van der Waals surface area contributed by atoms with E-state index in [-0.39, 0.29) is 11.6 Å². The fourth-order valence-electron chi connectivity index (χ4n) is 1.71. The van der Waals surface area contributed by atoms with E-state index in [2.05, 4.69) is 25.8 Å². The van der Waals surface area contributed by atoms with Gasteiger partial charge in [-0.05, 0) is 27.3 Å². The molecule has 2 rings (SSSR count). The van der Waals surface area contributed by atoms with Crippen molar-refractivity contribution in [3.05, 3.63) is 22.5 Å². The van der Waals surface area contributed by atoms with Crippen molar-refractivity contribution in [1.29, 1.82) is 0 Å². The summed E-state index contributed by atoms with van der Waals surface area (Å²) in [4.78, 5) is 4.31. The van der Waals surface area contributed by atoms with Gasteiger partial charge in [0, 0.05) is 11.6 Å². The van der Waals surface area contributed by atoms with Crippen molar-refractivity contribution in [1.82, 2.24) is 20.5 Å². The largest absolute Gasteiger partial charge is 0.406 e. The molecular formula is C12H19N5OS. The van der Waals surface area contributed by atoms with E-state index in [1.807, 2.05) is 33.1 Å². The lowest BCUT2D eigenvalue weighted by molar-refractivity contribution is 0.420. The van der Waals surface area contributed by atoms with Crippen molar-refractivity contribution in [3.8, 4) is 0 Å². The van der Waals surface area contributed by atoms with Crippen molar-refractivity contribution in [2.24, 2.45) is 0 Å². The van der Waals surface area contributed by atoms with E-state index >= 15 is 0 Å². The number of nitrogens with one attached hydrogen (secondary N) is 2. The number of nitrogens with zero attached hydrogens (tertiary/aromatic N) is 3. The van der Waals surface area contributed by atoms with Crippen LogP contribution >= 0.6 is 11.3 Å². The summed E-state index contributed by atoms with van der Waals surface area (Å²) < 4.78 is 5.61. The average molecular weight is 281 g/mol. The van der Waals surface area contributed by atoms with Gasteiger partial charge in [-0.15, -0.1) is 16.4 Å². The first-order valence-corrected chi connectivity index (χ1v) is 7.16. The molecule has 104 valence electrons. The monoisotopic (exact) mass is 281 g/mol. The number of rotatable bonds is 6. The fourth-order valence-corrected chi connectivity index (χ4v) is 2.42. The Morgan fingerprint density at radius 3 is 2.84 bits per heavy atom. The Kier molecular flexibility index (Phi) is 4.16. The molecule has 2 N–H and O–H groups in total. The Labute approximate surface area is 116 Å². The number of hydrogen-bond donors (Lipinski definition) is 2. The highest BCUT2D eigenvalue weighted by atomic mass is 32.1. The molecule has 0 spiro atoms. The number of aromatic nitrogens is 3. The fraction of sp³-hybridized carbons (Fsp3) is 0.583. The van der Waals surface area contributed by atoms with Gasteiger partial charge >= 0.3 is 6.01 Å². The van der Waals surface area contributed by atoms with Crippen LogP contribution in [0.5, 0.6) is 0 Å². The zero-order valence-electron chi connectivity index (χ0n) is 11.6. The predicted molar refractivity (Wildman–Crippen MR) is 75.2 cm³/mol. The Morgan fingerprint density at radius 1 is 1.42 bits per heavy atom. The maximum absolute atomic E-state index is 5.61. The van der Waals surface area contributed by atoms with Crippen LogP contribution in [0.2, 0.25) is 0 Å². The molecule has 0 amide bonds. The molecule has 0 fully saturated rings. The highest BCUT2D eigenvalue weighted by Gasteiger charge is 2.26. The third-order valence-corrected chi connectivity index (χ3v) is 3.80. The molecule has 2 heterocycles.